The number of benzene rings is 3. The second-order valence-corrected chi connectivity index (χ2v) is 9.64. The number of hydrogen-bond donors (Lipinski definition) is 2. The molecule has 2 heterocycles. The van der Waals surface area contributed by atoms with Crippen LogP contribution in [0.25, 0.3) is 10.8 Å². The first-order valence-electron chi connectivity index (χ1n) is 12.6. The van der Waals surface area contributed by atoms with Crippen LogP contribution in [0.5, 0.6) is 5.75 Å². The molecule has 3 aromatic carbocycles. The molecule has 2 N–H and O–H groups in total. The van der Waals surface area contributed by atoms with Gasteiger partial charge in [0.2, 0.25) is 0 Å². The van der Waals surface area contributed by atoms with Crippen LogP contribution >= 0.6 is 0 Å². The second kappa shape index (κ2) is 10.5. The maximum atomic E-state index is 13.0. The highest BCUT2D eigenvalue weighted by molar-refractivity contribution is 6.09. The summed E-state index contributed by atoms with van der Waals surface area (Å²) in [7, 11) is 1.56. The van der Waals surface area contributed by atoms with Crippen molar-refractivity contribution in [1.29, 1.82) is 0 Å². The summed E-state index contributed by atoms with van der Waals surface area (Å²) in [6.07, 6.45) is 6.24. The van der Waals surface area contributed by atoms with Gasteiger partial charge in [-0.05, 0) is 91.9 Å². The van der Waals surface area contributed by atoms with E-state index in [0.717, 1.165) is 17.3 Å². The molecule has 0 radical (unpaired) electrons. The van der Waals surface area contributed by atoms with Crippen LogP contribution in [0.1, 0.15) is 52.8 Å². The fourth-order valence-corrected chi connectivity index (χ4v) is 5.61. The maximum absolute atomic E-state index is 13.0. The van der Waals surface area contributed by atoms with Gasteiger partial charge in [0.05, 0.1) is 12.7 Å². The van der Waals surface area contributed by atoms with Crippen molar-refractivity contribution in [2.75, 3.05) is 32.1 Å². The Hall–Kier alpha value is -3.38. The van der Waals surface area contributed by atoms with Crippen molar-refractivity contribution < 1.29 is 14.3 Å². The van der Waals surface area contributed by atoms with Crippen molar-refractivity contribution in [1.82, 2.24) is 10.2 Å². The van der Waals surface area contributed by atoms with E-state index >= 15 is 0 Å². The van der Waals surface area contributed by atoms with Crippen LogP contribution in [0.2, 0.25) is 0 Å². The molecule has 0 saturated carbocycles. The number of methoxy groups -OCH3 is 1. The first kappa shape index (κ1) is 23.4. The maximum Gasteiger partial charge on any atom is 0.259 e. The van der Waals surface area contributed by atoms with Crippen LogP contribution < -0.4 is 15.4 Å². The van der Waals surface area contributed by atoms with E-state index < -0.39 is 0 Å². The van der Waals surface area contributed by atoms with Gasteiger partial charge in [0, 0.05) is 23.8 Å². The van der Waals surface area contributed by atoms with Crippen LogP contribution in [-0.4, -0.2) is 49.5 Å². The second-order valence-electron chi connectivity index (χ2n) is 9.64. The quantitative estimate of drug-likeness (QED) is 0.525. The zero-order valence-corrected chi connectivity index (χ0v) is 20.3. The fraction of sp³-hybridized carbons (Fsp3) is 0.379. The Morgan fingerprint density at radius 1 is 0.914 bits per heavy atom. The smallest absolute Gasteiger partial charge is 0.259 e. The zero-order chi connectivity index (χ0) is 24.2. The first-order valence-corrected chi connectivity index (χ1v) is 12.6. The van der Waals surface area contributed by atoms with E-state index in [9.17, 15) is 9.59 Å². The Labute approximate surface area is 206 Å². The van der Waals surface area contributed by atoms with Crippen molar-refractivity contribution >= 4 is 28.3 Å². The SMILES string of the molecule is COc1cc2ccccc2cc1C(=O)Nc1ccc(C(=O)NC[C@H]2CCCN3CCCC[C@H]23)cc1. The number of anilines is 1. The molecule has 2 aliphatic rings. The lowest BCUT2D eigenvalue weighted by atomic mass is 9.83. The number of nitrogens with one attached hydrogen (secondary N) is 2. The van der Waals surface area contributed by atoms with Crippen molar-refractivity contribution in [2.24, 2.45) is 5.92 Å². The highest BCUT2D eigenvalue weighted by Gasteiger charge is 2.32. The summed E-state index contributed by atoms with van der Waals surface area (Å²) in [6.45, 7) is 3.13. The minimum absolute atomic E-state index is 0.0630. The van der Waals surface area contributed by atoms with Gasteiger partial charge in [-0.1, -0.05) is 30.7 Å². The number of amides is 2. The molecule has 5 rings (SSSR count). The topological polar surface area (TPSA) is 70.7 Å². The van der Waals surface area contributed by atoms with E-state index in [0.29, 0.717) is 34.5 Å². The Balaban J connectivity index is 1.21. The van der Waals surface area contributed by atoms with Gasteiger partial charge in [0.15, 0.2) is 0 Å². The molecule has 2 saturated heterocycles. The number of rotatable bonds is 6. The van der Waals surface area contributed by atoms with Gasteiger partial charge in [-0.3, -0.25) is 9.59 Å². The van der Waals surface area contributed by atoms with E-state index in [1.165, 1.54) is 45.2 Å². The minimum Gasteiger partial charge on any atom is -0.496 e. The number of hydrogen-bond acceptors (Lipinski definition) is 4. The number of ether oxygens (including phenoxy) is 1. The molecular weight excluding hydrogens is 438 g/mol. The lowest BCUT2D eigenvalue weighted by Crippen LogP contribution is -2.51. The predicted molar refractivity (Wildman–Crippen MR) is 139 cm³/mol. The average molecular weight is 472 g/mol. The molecule has 2 fully saturated rings. The van der Waals surface area contributed by atoms with Crippen molar-refractivity contribution in [3.63, 3.8) is 0 Å². The molecule has 3 aromatic rings. The van der Waals surface area contributed by atoms with Gasteiger partial charge >= 0.3 is 0 Å². The third kappa shape index (κ3) is 5.17. The summed E-state index contributed by atoms with van der Waals surface area (Å²) in [5, 5.41) is 8.06. The molecular formula is C29H33N3O3. The highest BCUT2D eigenvalue weighted by atomic mass is 16.5. The molecule has 0 aromatic heterocycles. The summed E-state index contributed by atoms with van der Waals surface area (Å²) >= 11 is 0. The van der Waals surface area contributed by atoms with Gasteiger partial charge in [0.1, 0.15) is 5.75 Å². The van der Waals surface area contributed by atoms with Crippen molar-refractivity contribution in [2.45, 2.75) is 38.1 Å². The Morgan fingerprint density at radius 3 is 2.43 bits per heavy atom. The summed E-state index contributed by atoms with van der Waals surface area (Å²) in [4.78, 5) is 28.4. The van der Waals surface area contributed by atoms with E-state index in [2.05, 4.69) is 15.5 Å². The zero-order valence-electron chi connectivity index (χ0n) is 20.3. The molecule has 0 unspecified atom stereocenters. The first-order chi connectivity index (χ1) is 17.1. The fourth-order valence-electron chi connectivity index (χ4n) is 5.61. The van der Waals surface area contributed by atoms with Crippen molar-refractivity contribution in [3.05, 3.63) is 71.8 Å². The summed E-state index contributed by atoms with van der Waals surface area (Å²) in [6, 6.07) is 19.2. The van der Waals surface area contributed by atoms with Gasteiger partial charge in [-0.15, -0.1) is 0 Å². The molecule has 6 nitrogen and oxygen atoms in total. The summed E-state index contributed by atoms with van der Waals surface area (Å²) in [5.74, 6) is 0.742. The summed E-state index contributed by atoms with van der Waals surface area (Å²) < 4.78 is 5.46. The number of carbonyl (C=O) groups is 2. The van der Waals surface area contributed by atoms with E-state index in [-0.39, 0.29) is 11.8 Å². The van der Waals surface area contributed by atoms with Crippen LogP contribution in [0, 0.1) is 5.92 Å². The Morgan fingerprint density at radius 2 is 1.66 bits per heavy atom. The van der Waals surface area contributed by atoms with Crippen LogP contribution in [0.3, 0.4) is 0 Å². The molecule has 0 aliphatic carbocycles. The van der Waals surface area contributed by atoms with E-state index in [4.69, 9.17) is 4.74 Å². The predicted octanol–water partition coefficient (Wildman–Crippen LogP) is 5.10. The lowest BCUT2D eigenvalue weighted by molar-refractivity contribution is 0.0575. The monoisotopic (exact) mass is 471 g/mol. The number of nitrogens with zero attached hydrogens (tertiary/aromatic N) is 1. The molecule has 35 heavy (non-hydrogen) atoms. The van der Waals surface area contributed by atoms with Crippen LogP contribution in [0.4, 0.5) is 5.69 Å². The molecule has 182 valence electrons. The number of carbonyl (C=O) groups excluding carboxylic acids is 2. The molecule has 6 heteroatoms. The Bertz CT molecular complexity index is 1210. The number of fused-ring (bicyclic) bond motifs is 2. The highest BCUT2D eigenvalue weighted by Crippen LogP contribution is 2.30. The largest absolute Gasteiger partial charge is 0.496 e. The van der Waals surface area contributed by atoms with Crippen LogP contribution in [0.15, 0.2) is 60.7 Å². The normalized spacial score (nSPS) is 20.1. The van der Waals surface area contributed by atoms with Gasteiger partial charge in [-0.25, -0.2) is 0 Å². The molecule has 2 aliphatic heterocycles. The average Bonchev–Trinajstić information content (AvgIpc) is 2.91. The third-order valence-corrected chi connectivity index (χ3v) is 7.47. The van der Waals surface area contributed by atoms with Crippen LogP contribution in [-0.2, 0) is 0 Å². The number of piperidine rings is 2. The van der Waals surface area contributed by atoms with Gasteiger partial charge < -0.3 is 20.3 Å². The summed E-state index contributed by atoms with van der Waals surface area (Å²) in [5.41, 5.74) is 1.70. The molecule has 2 atom stereocenters. The Kier molecular flexibility index (Phi) is 7.00. The lowest BCUT2D eigenvalue weighted by Gasteiger charge is -2.44. The molecule has 0 bridgehead atoms. The van der Waals surface area contributed by atoms with Gasteiger partial charge in [-0.2, -0.15) is 0 Å². The van der Waals surface area contributed by atoms with E-state index in [1.807, 2.05) is 36.4 Å². The van der Waals surface area contributed by atoms with E-state index in [1.54, 1.807) is 31.4 Å². The third-order valence-electron chi connectivity index (χ3n) is 7.47. The molecule has 0 spiro atoms. The molecule has 2 amide bonds. The standard InChI is InChI=1S/C29H33N3O3/c1-35-27-18-22-8-3-2-7-21(22)17-25(27)29(34)31-24-13-11-20(12-14-24)28(33)30-19-23-9-6-16-32-15-5-4-10-26(23)32/h2-3,7-8,11-14,17-18,23,26H,4-6,9-10,15-16,19H2,1H3,(H,30,33)(H,31,34)/t23-,26-/m1/s1. The van der Waals surface area contributed by atoms with Crippen molar-refractivity contribution in [3.8, 4) is 5.75 Å². The minimum atomic E-state index is -0.251. The van der Waals surface area contributed by atoms with Gasteiger partial charge in [0.25, 0.3) is 11.8 Å².